The van der Waals surface area contributed by atoms with E-state index in [0.29, 0.717) is 35.3 Å². The van der Waals surface area contributed by atoms with E-state index >= 15 is 0 Å². The molecule has 0 bridgehead atoms. The molecule has 0 radical (unpaired) electrons. The van der Waals surface area contributed by atoms with Crippen LogP contribution in [0.5, 0.6) is 11.5 Å². The van der Waals surface area contributed by atoms with E-state index in [9.17, 15) is 10.1 Å². The van der Waals surface area contributed by atoms with Crippen molar-refractivity contribution in [2.45, 2.75) is 31.8 Å². The maximum atomic E-state index is 11.4. The average Bonchev–Trinajstić information content (AvgIpc) is 3.06. The van der Waals surface area contributed by atoms with Crippen molar-refractivity contribution in [2.75, 3.05) is 20.0 Å². The van der Waals surface area contributed by atoms with E-state index < -0.39 is 4.92 Å². The summed E-state index contributed by atoms with van der Waals surface area (Å²) in [6, 6.07) is 3.06. The largest absolute Gasteiger partial charge is 0.493 e. The number of methoxy groups -OCH3 is 1. The van der Waals surface area contributed by atoms with Crippen LogP contribution in [0.15, 0.2) is 22.4 Å². The fourth-order valence-corrected chi connectivity index (χ4v) is 2.65. The van der Waals surface area contributed by atoms with Gasteiger partial charge in [0.05, 0.1) is 24.9 Å². The molecule has 10 heteroatoms. The van der Waals surface area contributed by atoms with Gasteiger partial charge in [-0.2, -0.15) is 9.78 Å². The first-order valence-corrected chi connectivity index (χ1v) is 9.29. The van der Waals surface area contributed by atoms with E-state index in [4.69, 9.17) is 9.47 Å². The van der Waals surface area contributed by atoms with Gasteiger partial charge in [0.2, 0.25) is 10.9 Å². The number of hydrogen-bond acceptors (Lipinski definition) is 8. The van der Waals surface area contributed by atoms with Gasteiger partial charge in [-0.25, -0.2) is 0 Å². The molecule has 0 aliphatic heterocycles. The molecule has 0 aliphatic carbocycles. The number of benzene rings is 1. The second-order valence-corrected chi connectivity index (χ2v) is 5.96. The van der Waals surface area contributed by atoms with Gasteiger partial charge in [0.15, 0.2) is 11.6 Å². The second kappa shape index (κ2) is 9.18. The Morgan fingerprint density at radius 3 is 2.73 bits per heavy atom. The molecule has 0 N–H and O–H groups in total. The Kier molecular flexibility index (Phi) is 6.96. The van der Waals surface area contributed by atoms with Crippen LogP contribution in [0.25, 0.3) is 0 Å². The van der Waals surface area contributed by atoms with E-state index in [1.807, 2.05) is 20.1 Å². The molecule has 1 aromatic heterocycles. The van der Waals surface area contributed by atoms with Crippen LogP contribution >= 0.6 is 11.8 Å². The summed E-state index contributed by atoms with van der Waals surface area (Å²) in [5.41, 5.74) is 0.351. The van der Waals surface area contributed by atoms with E-state index in [1.165, 1.54) is 31.2 Å². The zero-order chi connectivity index (χ0) is 19.1. The molecule has 0 amide bonds. The summed E-state index contributed by atoms with van der Waals surface area (Å²) in [4.78, 5) is 10.9. The molecular weight excluding hydrogens is 358 g/mol. The minimum Gasteiger partial charge on any atom is -0.493 e. The smallest absolute Gasteiger partial charge is 0.315 e. The van der Waals surface area contributed by atoms with Gasteiger partial charge in [-0.05, 0) is 18.7 Å². The summed E-state index contributed by atoms with van der Waals surface area (Å²) >= 11 is 1.42. The van der Waals surface area contributed by atoms with Crippen LogP contribution in [-0.4, -0.2) is 46.0 Å². The highest BCUT2D eigenvalue weighted by Gasteiger charge is 2.22. The predicted molar refractivity (Wildman–Crippen MR) is 99.6 cm³/mol. The number of nitro benzene ring substituents is 1. The van der Waals surface area contributed by atoms with Gasteiger partial charge in [-0.3, -0.25) is 10.1 Å². The van der Waals surface area contributed by atoms with Crippen molar-refractivity contribution in [3.8, 4) is 11.5 Å². The molecule has 2 aromatic rings. The Hall–Kier alpha value is -2.62. The zero-order valence-electron chi connectivity index (χ0n) is 15.1. The van der Waals surface area contributed by atoms with Gasteiger partial charge >= 0.3 is 5.69 Å². The van der Waals surface area contributed by atoms with Crippen molar-refractivity contribution in [2.24, 2.45) is 5.10 Å². The minimum atomic E-state index is -0.492. The van der Waals surface area contributed by atoms with Gasteiger partial charge in [0.25, 0.3) is 0 Å². The Balaban J connectivity index is 2.46. The molecule has 1 aromatic carbocycles. The summed E-state index contributed by atoms with van der Waals surface area (Å²) in [5, 5.41) is 24.6. The fourth-order valence-electron chi connectivity index (χ4n) is 2.20. The summed E-state index contributed by atoms with van der Waals surface area (Å²) < 4.78 is 12.4. The molecule has 9 nitrogen and oxygen atoms in total. The maximum Gasteiger partial charge on any atom is 0.315 e. The lowest BCUT2D eigenvalue weighted by Gasteiger charge is -2.11. The van der Waals surface area contributed by atoms with Gasteiger partial charge in [-0.1, -0.05) is 25.6 Å². The second-order valence-electron chi connectivity index (χ2n) is 5.19. The lowest BCUT2D eigenvalue weighted by Crippen LogP contribution is -2.03. The average molecular weight is 379 g/mol. The molecule has 0 saturated heterocycles. The number of nitrogens with zero attached hydrogens (tertiary/aromatic N) is 5. The lowest BCUT2D eigenvalue weighted by atomic mass is 10.2. The summed E-state index contributed by atoms with van der Waals surface area (Å²) in [6.45, 7) is 4.24. The van der Waals surface area contributed by atoms with Crippen LogP contribution in [0.4, 0.5) is 5.69 Å². The molecule has 1 heterocycles. The van der Waals surface area contributed by atoms with Crippen molar-refractivity contribution >= 4 is 23.7 Å². The summed E-state index contributed by atoms with van der Waals surface area (Å²) in [5.74, 6) is 1.12. The van der Waals surface area contributed by atoms with Crippen molar-refractivity contribution in [1.82, 2.24) is 14.9 Å². The first-order valence-electron chi connectivity index (χ1n) is 8.07. The number of rotatable bonds is 9. The predicted octanol–water partition coefficient (Wildman–Crippen LogP) is 3.15. The molecule has 2 rings (SSSR count). The van der Waals surface area contributed by atoms with Gasteiger partial charge in [-0.15, -0.1) is 10.2 Å². The number of aromatic nitrogens is 3. The van der Waals surface area contributed by atoms with Crippen molar-refractivity contribution in [1.29, 1.82) is 0 Å². The summed E-state index contributed by atoms with van der Waals surface area (Å²) in [6.07, 6.45) is 4.79. The third kappa shape index (κ3) is 4.31. The van der Waals surface area contributed by atoms with Crippen LogP contribution in [0.1, 0.15) is 31.7 Å². The Morgan fingerprint density at radius 2 is 2.15 bits per heavy atom. The van der Waals surface area contributed by atoms with E-state index in [1.54, 1.807) is 10.7 Å². The van der Waals surface area contributed by atoms with Gasteiger partial charge in [0.1, 0.15) is 0 Å². The van der Waals surface area contributed by atoms with Gasteiger partial charge in [0, 0.05) is 18.1 Å². The van der Waals surface area contributed by atoms with Crippen molar-refractivity contribution in [3.63, 3.8) is 0 Å². The molecule has 0 aliphatic rings. The molecule has 0 saturated carbocycles. The Bertz CT molecular complexity index is 785. The van der Waals surface area contributed by atoms with E-state index in [-0.39, 0.29) is 11.4 Å². The maximum absolute atomic E-state index is 11.4. The molecular formula is C16H21N5O4S. The lowest BCUT2D eigenvalue weighted by molar-refractivity contribution is -0.386. The van der Waals surface area contributed by atoms with E-state index in [2.05, 4.69) is 15.3 Å². The minimum absolute atomic E-state index is 0.125. The number of thioether (sulfide) groups is 1. The van der Waals surface area contributed by atoms with Crippen LogP contribution in [0, 0.1) is 10.1 Å². The first-order chi connectivity index (χ1) is 12.5. The van der Waals surface area contributed by atoms with Crippen LogP contribution in [0.3, 0.4) is 0 Å². The first kappa shape index (κ1) is 19.7. The zero-order valence-corrected chi connectivity index (χ0v) is 15.9. The number of aryl methyl sites for hydroxylation is 1. The molecule has 0 fully saturated rings. The molecule has 26 heavy (non-hydrogen) atoms. The molecule has 140 valence electrons. The standard InChI is InChI=1S/C16H21N5O4S/c1-5-7-25-15-12(21(22)23)8-11(9-13(15)24-3)10-17-20-14(6-2)18-19-16(20)26-4/h8-10H,5-7H2,1-4H3/b17-10-. The Morgan fingerprint density at radius 1 is 1.38 bits per heavy atom. The highest BCUT2D eigenvalue weighted by atomic mass is 32.2. The third-order valence-electron chi connectivity index (χ3n) is 3.42. The molecule has 0 spiro atoms. The highest BCUT2D eigenvalue weighted by Crippen LogP contribution is 2.38. The summed E-state index contributed by atoms with van der Waals surface area (Å²) in [7, 11) is 1.44. The topological polar surface area (TPSA) is 105 Å². The van der Waals surface area contributed by atoms with Crippen LogP contribution < -0.4 is 9.47 Å². The highest BCUT2D eigenvalue weighted by molar-refractivity contribution is 7.98. The van der Waals surface area contributed by atoms with E-state index in [0.717, 1.165) is 6.42 Å². The Labute approximate surface area is 155 Å². The van der Waals surface area contributed by atoms with Gasteiger partial charge < -0.3 is 9.47 Å². The van der Waals surface area contributed by atoms with Crippen molar-refractivity contribution < 1.29 is 14.4 Å². The quantitative estimate of drug-likeness (QED) is 0.285. The van der Waals surface area contributed by atoms with Crippen LogP contribution in [0.2, 0.25) is 0 Å². The number of hydrogen-bond donors (Lipinski definition) is 0. The fraction of sp³-hybridized carbons (Fsp3) is 0.438. The molecule has 0 unspecified atom stereocenters. The molecule has 0 atom stereocenters. The monoisotopic (exact) mass is 379 g/mol. The SMILES string of the molecule is CCCOc1c(OC)cc(/C=N\n2c(CC)nnc2SC)cc1[N+](=O)[O-]. The number of ether oxygens (including phenoxy) is 2. The van der Waals surface area contributed by atoms with Crippen LogP contribution in [-0.2, 0) is 6.42 Å². The number of nitro groups is 1. The van der Waals surface area contributed by atoms with Crippen molar-refractivity contribution in [3.05, 3.63) is 33.6 Å². The normalized spacial score (nSPS) is 11.1. The third-order valence-corrected chi connectivity index (χ3v) is 4.04.